The molecular weight excluding hydrogens is 192 g/mol. The number of hydrogen-bond acceptors (Lipinski definition) is 3. The lowest BCUT2D eigenvalue weighted by Gasteiger charge is -2.16. The maximum absolute atomic E-state index is 11.9. The van der Waals surface area contributed by atoms with Gasteiger partial charge in [0.05, 0.1) is 11.8 Å². The Labute approximate surface area is 90.0 Å². The second-order valence-electron chi connectivity index (χ2n) is 4.88. The number of nitrogens with one attached hydrogen (secondary N) is 1. The molecule has 2 atom stereocenters. The van der Waals surface area contributed by atoms with Gasteiger partial charge in [-0.3, -0.25) is 14.5 Å². The largest absolute Gasteiger partial charge is 0.315 e. The average Bonchev–Trinajstić information content (AvgIpc) is 2.71. The fourth-order valence-electron chi connectivity index (χ4n) is 2.31. The summed E-state index contributed by atoms with van der Waals surface area (Å²) >= 11 is 0. The van der Waals surface area contributed by atoms with Gasteiger partial charge < -0.3 is 5.32 Å². The first-order valence-electron chi connectivity index (χ1n) is 5.67. The van der Waals surface area contributed by atoms with Crippen LogP contribution in [0.1, 0.15) is 20.3 Å². The van der Waals surface area contributed by atoms with Crippen molar-refractivity contribution in [1.82, 2.24) is 10.2 Å². The average molecular weight is 210 g/mol. The van der Waals surface area contributed by atoms with E-state index in [-0.39, 0.29) is 23.7 Å². The Balaban J connectivity index is 2.01. The third-order valence-corrected chi connectivity index (χ3v) is 3.31. The van der Waals surface area contributed by atoms with Crippen LogP contribution < -0.4 is 5.32 Å². The quantitative estimate of drug-likeness (QED) is 0.679. The molecule has 0 aliphatic carbocycles. The standard InChI is InChI=1S/C11H18N2O2/c1-7(2)3-4-13-10(14)8-5-12-6-9(8)11(13)15/h7-9,12H,3-6H2,1-2H3/t8-,9-/m1/s1. The summed E-state index contributed by atoms with van der Waals surface area (Å²) in [7, 11) is 0. The predicted molar refractivity (Wildman–Crippen MR) is 56.0 cm³/mol. The summed E-state index contributed by atoms with van der Waals surface area (Å²) in [6.07, 6.45) is 0.907. The summed E-state index contributed by atoms with van der Waals surface area (Å²) in [5.41, 5.74) is 0. The van der Waals surface area contributed by atoms with Crippen molar-refractivity contribution in [3.8, 4) is 0 Å². The lowest BCUT2D eigenvalue weighted by atomic mass is 10.00. The lowest BCUT2D eigenvalue weighted by Crippen LogP contribution is -2.35. The minimum Gasteiger partial charge on any atom is -0.315 e. The van der Waals surface area contributed by atoms with E-state index in [2.05, 4.69) is 19.2 Å². The van der Waals surface area contributed by atoms with Crippen LogP contribution >= 0.6 is 0 Å². The molecule has 2 rings (SSSR count). The fraction of sp³-hybridized carbons (Fsp3) is 0.818. The van der Waals surface area contributed by atoms with Crippen LogP contribution in [0.4, 0.5) is 0 Å². The summed E-state index contributed by atoms with van der Waals surface area (Å²) < 4.78 is 0. The first kappa shape index (κ1) is 10.6. The van der Waals surface area contributed by atoms with E-state index in [1.807, 2.05) is 0 Å². The number of fused-ring (bicyclic) bond motifs is 1. The van der Waals surface area contributed by atoms with Gasteiger partial charge in [0.2, 0.25) is 11.8 Å². The number of imide groups is 1. The molecule has 0 bridgehead atoms. The molecule has 2 heterocycles. The monoisotopic (exact) mass is 210 g/mol. The van der Waals surface area contributed by atoms with Crippen LogP contribution in [0.5, 0.6) is 0 Å². The molecule has 0 radical (unpaired) electrons. The molecule has 1 N–H and O–H groups in total. The highest BCUT2D eigenvalue weighted by molar-refractivity contribution is 6.05. The topological polar surface area (TPSA) is 49.4 Å². The molecule has 2 amide bonds. The molecule has 2 aliphatic heterocycles. The molecule has 84 valence electrons. The number of rotatable bonds is 3. The number of likely N-dealkylation sites (tertiary alicyclic amines) is 1. The molecule has 0 aromatic rings. The molecule has 2 aliphatic rings. The highest BCUT2D eigenvalue weighted by Crippen LogP contribution is 2.29. The Morgan fingerprint density at radius 1 is 1.27 bits per heavy atom. The maximum atomic E-state index is 11.9. The van der Waals surface area contributed by atoms with E-state index in [0.717, 1.165) is 6.42 Å². The van der Waals surface area contributed by atoms with Gasteiger partial charge in [0.15, 0.2) is 0 Å². The van der Waals surface area contributed by atoms with Gasteiger partial charge in [0, 0.05) is 19.6 Å². The Bertz CT molecular complexity index is 266. The number of hydrogen-bond donors (Lipinski definition) is 1. The summed E-state index contributed by atoms with van der Waals surface area (Å²) in [5.74, 6) is 0.449. The minimum absolute atomic E-state index is 0.0376. The van der Waals surface area contributed by atoms with Crippen LogP contribution in [-0.2, 0) is 9.59 Å². The zero-order valence-corrected chi connectivity index (χ0v) is 9.32. The molecule has 0 aromatic carbocycles. The molecule has 4 nitrogen and oxygen atoms in total. The van der Waals surface area contributed by atoms with E-state index in [1.165, 1.54) is 4.90 Å². The van der Waals surface area contributed by atoms with Gasteiger partial charge in [-0.15, -0.1) is 0 Å². The van der Waals surface area contributed by atoms with Crippen LogP contribution in [-0.4, -0.2) is 36.3 Å². The molecule has 0 spiro atoms. The van der Waals surface area contributed by atoms with Crippen molar-refractivity contribution >= 4 is 11.8 Å². The molecule has 0 aromatic heterocycles. The molecule has 0 saturated carbocycles. The van der Waals surface area contributed by atoms with E-state index in [1.54, 1.807) is 0 Å². The van der Waals surface area contributed by atoms with E-state index < -0.39 is 0 Å². The first-order chi connectivity index (χ1) is 7.11. The zero-order valence-electron chi connectivity index (χ0n) is 9.32. The lowest BCUT2D eigenvalue weighted by molar-refractivity contribution is -0.140. The Kier molecular flexibility index (Phi) is 2.78. The summed E-state index contributed by atoms with van der Waals surface area (Å²) in [5, 5.41) is 3.10. The van der Waals surface area contributed by atoms with Crippen LogP contribution in [0.25, 0.3) is 0 Å². The molecule has 15 heavy (non-hydrogen) atoms. The van der Waals surface area contributed by atoms with Gasteiger partial charge >= 0.3 is 0 Å². The van der Waals surface area contributed by atoms with E-state index in [4.69, 9.17) is 0 Å². The first-order valence-corrected chi connectivity index (χ1v) is 5.67. The smallest absolute Gasteiger partial charge is 0.234 e. The van der Waals surface area contributed by atoms with Crippen molar-refractivity contribution in [1.29, 1.82) is 0 Å². The molecule has 2 fully saturated rings. The van der Waals surface area contributed by atoms with Gasteiger partial charge in [-0.05, 0) is 12.3 Å². The minimum atomic E-state index is -0.0790. The summed E-state index contributed by atoms with van der Waals surface area (Å²) in [6, 6.07) is 0. The zero-order chi connectivity index (χ0) is 11.0. The Morgan fingerprint density at radius 2 is 1.80 bits per heavy atom. The van der Waals surface area contributed by atoms with Crippen molar-refractivity contribution in [2.45, 2.75) is 20.3 Å². The van der Waals surface area contributed by atoms with E-state index in [9.17, 15) is 9.59 Å². The second kappa shape index (κ2) is 3.93. The molecule has 2 saturated heterocycles. The highest BCUT2D eigenvalue weighted by Gasteiger charge is 2.49. The predicted octanol–water partition coefficient (Wildman–Crippen LogP) is 0.237. The Hall–Kier alpha value is -0.900. The van der Waals surface area contributed by atoms with Crippen molar-refractivity contribution in [2.24, 2.45) is 17.8 Å². The van der Waals surface area contributed by atoms with Crippen LogP contribution in [0, 0.1) is 17.8 Å². The van der Waals surface area contributed by atoms with Crippen molar-refractivity contribution in [3.05, 3.63) is 0 Å². The third kappa shape index (κ3) is 1.78. The normalized spacial score (nSPS) is 30.5. The van der Waals surface area contributed by atoms with Crippen LogP contribution in [0.3, 0.4) is 0 Å². The van der Waals surface area contributed by atoms with Crippen molar-refractivity contribution in [2.75, 3.05) is 19.6 Å². The fourth-order valence-corrected chi connectivity index (χ4v) is 2.31. The third-order valence-electron chi connectivity index (χ3n) is 3.31. The number of amides is 2. The Morgan fingerprint density at radius 3 is 2.27 bits per heavy atom. The van der Waals surface area contributed by atoms with E-state index in [0.29, 0.717) is 25.6 Å². The summed E-state index contributed by atoms with van der Waals surface area (Å²) in [4.78, 5) is 25.2. The summed E-state index contributed by atoms with van der Waals surface area (Å²) in [6.45, 7) is 6.16. The van der Waals surface area contributed by atoms with Gasteiger partial charge in [-0.1, -0.05) is 13.8 Å². The highest BCUT2D eigenvalue weighted by atomic mass is 16.2. The molecule has 4 heteroatoms. The van der Waals surface area contributed by atoms with E-state index >= 15 is 0 Å². The number of nitrogens with zero attached hydrogens (tertiary/aromatic N) is 1. The SMILES string of the molecule is CC(C)CCN1C(=O)[C@@H]2CNC[C@H]2C1=O. The van der Waals surface area contributed by atoms with Crippen molar-refractivity contribution in [3.63, 3.8) is 0 Å². The number of carbonyl (C=O) groups excluding carboxylic acids is 2. The van der Waals surface area contributed by atoms with Crippen molar-refractivity contribution < 1.29 is 9.59 Å². The second-order valence-corrected chi connectivity index (χ2v) is 4.88. The van der Waals surface area contributed by atoms with Gasteiger partial charge in [-0.2, -0.15) is 0 Å². The van der Waals surface area contributed by atoms with Gasteiger partial charge in [-0.25, -0.2) is 0 Å². The van der Waals surface area contributed by atoms with Gasteiger partial charge in [0.25, 0.3) is 0 Å². The van der Waals surface area contributed by atoms with Crippen LogP contribution in [0.15, 0.2) is 0 Å². The maximum Gasteiger partial charge on any atom is 0.234 e. The number of carbonyl (C=O) groups is 2. The molecular formula is C11H18N2O2. The van der Waals surface area contributed by atoms with Crippen LogP contribution in [0.2, 0.25) is 0 Å². The molecule has 0 unspecified atom stereocenters. The van der Waals surface area contributed by atoms with Gasteiger partial charge in [0.1, 0.15) is 0 Å².